The second-order valence-electron chi connectivity index (χ2n) is 7.43. The molecule has 2 aromatic heterocycles. The number of aliphatic hydroxyl groups is 1. The molecule has 0 aliphatic heterocycles. The van der Waals surface area contributed by atoms with Crippen LogP contribution in [0.15, 0.2) is 51.9 Å². The summed E-state index contributed by atoms with van der Waals surface area (Å²) in [4.78, 5) is 11.3. The van der Waals surface area contributed by atoms with Gasteiger partial charge in [0.2, 0.25) is 10.0 Å². The molecule has 0 aliphatic rings. The summed E-state index contributed by atoms with van der Waals surface area (Å²) in [5, 5.41) is 27.5. The van der Waals surface area contributed by atoms with Gasteiger partial charge in [0, 0.05) is 16.8 Å². The van der Waals surface area contributed by atoms with E-state index in [4.69, 9.17) is 9.52 Å². The Balaban J connectivity index is 1.75. The maximum Gasteiger partial charge on any atom is 0.322 e. The van der Waals surface area contributed by atoms with Gasteiger partial charge in [-0.15, -0.1) is 5.10 Å². The second kappa shape index (κ2) is 7.76. The summed E-state index contributed by atoms with van der Waals surface area (Å²) in [6.07, 6.45) is 1.59. The van der Waals surface area contributed by atoms with Gasteiger partial charge in [0.25, 0.3) is 0 Å². The van der Waals surface area contributed by atoms with Gasteiger partial charge in [-0.25, -0.2) is 13.1 Å². The molecule has 0 radical (unpaired) electrons. The first-order chi connectivity index (χ1) is 14.7. The van der Waals surface area contributed by atoms with Crippen LogP contribution in [0.25, 0.3) is 27.6 Å². The summed E-state index contributed by atoms with van der Waals surface area (Å²) in [5.41, 5.74) is 2.09. The van der Waals surface area contributed by atoms with E-state index in [0.29, 0.717) is 33.3 Å². The van der Waals surface area contributed by atoms with Gasteiger partial charge in [0.05, 0.1) is 23.4 Å². The van der Waals surface area contributed by atoms with E-state index in [1.54, 1.807) is 38.2 Å². The average molecular weight is 444 g/mol. The number of furan rings is 1. The van der Waals surface area contributed by atoms with Gasteiger partial charge in [-0.05, 0) is 36.2 Å². The molecule has 4 aromatic rings. The Morgan fingerprint density at radius 3 is 2.58 bits per heavy atom. The van der Waals surface area contributed by atoms with Crippen molar-refractivity contribution in [2.24, 2.45) is 5.92 Å². The van der Waals surface area contributed by atoms with E-state index < -0.39 is 28.0 Å². The number of nitrogens with one attached hydrogen (secondary N) is 1. The third kappa shape index (κ3) is 3.90. The predicted octanol–water partition coefficient (Wildman–Crippen LogP) is 2.05. The highest BCUT2D eigenvalue weighted by atomic mass is 32.2. The highest BCUT2D eigenvalue weighted by molar-refractivity contribution is 7.89. The molecular weight excluding hydrogens is 424 g/mol. The number of fused-ring (bicyclic) bond motifs is 3. The first-order valence-electron chi connectivity index (χ1n) is 9.43. The van der Waals surface area contributed by atoms with Gasteiger partial charge in [-0.2, -0.15) is 4.72 Å². The van der Waals surface area contributed by atoms with E-state index in [-0.39, 0.29) is 11.5 Å². The van der Waals surface area contributed by atoms with E-state index >= 15 is 0 Å². The first-order valence-corrected chi connectivity index (χ1v) is 10.9. The number of rotatable bonds is 7. The Morgan fingerprint density at radius 2 is 1.94 bits per heavy atom. The lowest BCUT2D eigenvalue weighted by Crippen LogP contribution is -2.44. The monoisotopic (exact) mass is 444 g/mol. The highest BCUT2D eigenvalue weighted by Gasteiger charge is 2.28. The Labute approximate surface area is 177 Å². The maximum absolute atomic E-state index is 12.8. The van der Waals surface area contributed by atoms with E-state index in [9.17, 15) is 18.3 Å². The minimum atomic E-state index is -4.06. The number of benzene rings is 2. The van der Waals surface area contributed by atoms with Crippen LogP contribution in [0.1, 0.15) is 19.5 Å². The van der Waals surface area contributed by atoms with E-state index in [2.05, 4.69) is 15.0 Å². The summed E-state index contributed by atoms with van der Waals surface area (Å²) in [6, 6.07) is 8.40. The molecule has 0 amide bonds. The van der Waals surface area contributed by atoms with Crippen molar-refractivity contribution >= 4 is 37.9 Å². The number of carboxylic acids is 1. The Hall–Kier alpha value is -3.28. The molecule has 11 heteroatoms. The quantitative estimate of drug-likeness (QED) is 0.392. The number of hydrogen-bond acceptors (Lipinski definition) is 7. The number of sulfonamides is 1. The van der Waals surface area contributed by atoms with E-state index in [0.717, 1.165) is 0 Å². The van der Waals surface area contributed by atoms with Gasteiger partial charge < -0.3 is 14.6 Å². The van der Waals surface area contributed by atoms with Crippen LogP contribution < -0.4 is 4.72 Å². The van der Waals surface area contributed by atoms with Crippen molar-refractivity contribution in [2.45, 2.75) is 31.4 Å². The Bertz CT molecular complexity index is 1390. The van der Waals surface area contributed by atoms with Gasteiger partial charge in [0.1, 0.15) is 22.9 Å². The summed E-state index contributed by atoms with van der Waals surface area (Å²) in [5.74, 6) is -1.66. The molecule has 3 N–H and O–H groups in total. The molecule has 0 saturated carbocycles. The van der Waals surface area contributed by atoms with Crippen LogP contribution in [0, 0.1) is 5.92 Å². The van der Waals surface area contributed by atoms with Gasteiger partial charge in [-0.3, -0.25) is 4.79 Å². The van der Waals surface area contributed by atoms with Crippen molar-refractivity contribution in [3.05, 3.63) is 48.3 Å². The molecule has 31 heavy (non-hydrogen) atoms. The molecule has 2 heterocycles. The largest absolute Gasteiger partial charge is 0.480 e. The average Bonchev–Trinajstić information content (AvgIpc) is 3.35. The van der Waals surface area contributed by atoms with Crippen LogP contribution >= 0.6 is 0 Å². The third-order valence-corrected chi connectivity index (χ3v) is 6.36. The Kier molecular flexibility index (Phi) is 5.25. The standard InChI is InChI=1S/C20H20N4O6S/c1-11(2)19(20(26)27)22-31(28,29)14-4-6-17-16(8-14)15-5-3-13(7-18(15)30-17)24-9-12(10-25)21-23-24/h3-9,11,19,22,25H,10H2,1-2H3,(H,26,27). The zero-order valence-corrected chi connectivity index (χ0v) is 17.5. The lowest BCUT2D eigenvalue weighted by Gasteiger charge is -2.17. The Morgan fingerprint density at radius 1 is 1.16 bits per heavy atom. The number of aliphatic carboxylic acids is 1. The lowest BCUT2D eigenvalue weighted by atomic mass is 10.1. The van der Waals surface area contributed by atoms with Crippen LogP contribution in [0.5, 0.6) is 0 Å². The zero-order valence-electron chi connectivity index (χ0n) is 16.7. The fraction of sp³-hybridized carbons (Fsp3) is 0.250. The molecule has 2 aromatic carbocycles. The van der Waals surface area contributed by atoms with Crippen LogP contribution in [0.2, 0.25) is 0 Å². The lowest BCUT2D eigenvalue weighted by molar-refractivity contribution is -0.140. The normalized spacial score (nSPS) is 13.3. The van der Waals surface area contributed by atoms with Crippen molar-refractivity contribution in [2.75, 3.05) is 0 Å². The highest BCUT2D eigenvalue weighted by Crippen LogP contribution is 2.32. The summed E-state index contributed by atoms with van der Waals surface area (Å²) >= 11 is 0. The maximum atomic E-state index is 12.8. The molecule has 0 spiro atoms. The number of nitrogens with zero attached hydrogens (tertiary/aromatic N) is 3. The van der Waals surface area contributed by atoms with E-state index in [1.807, 2.05) is 0 Å². The number of hydrogen-bond donors (Lipinski definition) is 3. The molecule has 0 aliphatic carbocycles. The third-order valence-electron chi connectivity index (χ3n) is 4.92. The van der Waals surface area contributed by atoms with Gasteiger partial charge in [0.15, 0.2) is 0 Å². The van der Waals surface area contributed by atoms with Crippen LogP contribution in [0.4, 0.5) is 0 Å². The fourth-order valence-electron chi connectivity index (χ4n) is 3.26. The minimum absolute atomic E-state index is 0.0532. The minimum Gasteiger partial charge on any atom is -0.480 e. The van der Waals surface area contributed by atoms with Gasteiger partial charge in [-0.1, -0.05) is 19.1 Å². The first kappa shape index (κ1) is 21.0. The summed E-state index contributed by atoms with van der Waals surface area (Å²) in [7, 11) is -4.06. The zero-order chi connectivity index (χ0) is 22.3. The summed E-state index contributed by atoms with van der Waals surface area (Å²) in [6.45, 7) is 3.03. The predicted molar refractivity (Wildman–Crippen MR) is 111 cm³/mol. The molecule has 162 valence electrons. The smallest absolute Gasteiger partial charge is 0.322 e. The molecular formula is C20H20N4O6S. The fourth-order valence-corrected chi connectivity index (χ4v) is 4.62. The SMILES string of the molecule is CC(C)C(NS(=O)(=O)c1ccc2oc3cc(-n4cc(CO)nn4)ccc3c2c1)C(=O)O. The van der Waals surface area contributed by atoms with Crippen molar-refractivity contribution < 1.29 is 27.8 Å². The molecule has 0 saturated heterocycles. The number of aliphatic hydroxyl groups excluding tert-OH is 1. The van der Waals surface area contributed by atoms with Crippen molar-refractivity contribution in [3.63, 3.8) is 0 Å². The van der Waals surface area contributed by atoms with Crippen LogP contribution in [-0.4, -0.2) is 45.6 Å². The second-order valence-corrected chi connectivity index (χ2v) is 9.15. The molecule has 1 unspecified atom stereocenters. The molecule has 0 fully saturated rings. The van der Waals surface area contributed by atoms with Crippen LogP contribution in [0.3, 0.4) is 0 Å². The number of carboxylic acid groups (broad SMARTS) is 1. The molecule has 4 rings (SSSR count). The molecule has 1 atom stereocenters. The molecule has 10 nitrogen and oxygen atoms in total. The van der Waals surface area contributed by atoms with Crippen molar-refractivity contribution in [1.82, 2.24) is 19.7 Å². The van der Waals surface area contributed by atoms with Crippen LogP contribution in [-0.2, 0) is 21.4 Å². The summed E-state index contributed by atoms with van der Waals surface area (Å²) < 4.78 is 35.2. The van der Waals surface area contributed by atoms with Gasteiger partial charge >= 0.3 is 5.97 Å². The number of aromatic nitrogens is 3. The molecule has 0 bridgehead atoms. The van der Waals surface area contributed by atoms with Crippen molar-refractivity contribution in [1.29, 1.82) is 0 Å². The number of carbonyl (C=O) groups is 1. The van der Waals surface area contributed by atoms with E-state index in [1.165, 1.54) is 22.9 Å². The van der Waals surface area contributed by atoms with Crippen molar-refractivity contribution in [3.8, 4) is 5.69 Å². The topological polar surface area (TPSA) is 148 Å².